The molecule has 92 valence electrons. The molecule has 0 saturated carbocycles. The number of hydrogen-bond donors (Lipinski definition) is 0. The summed E-state index contributed by atoms with van der Waals surface area (Å²) in [7, 11) is 1.70. The van der Waals surface area contributed by atoms with Gasteiger partial charge in [-0.15, -0.1) is 0 Å². The van der Waals surface area contributed by atoms with E-state index in [4.69, 9.17) is 5.26 Å². The van der Waals surface area contributed by atoms with Crippen molar-refractivity contribution in [3.05, 3.63) is 41.1 Å². The van der Waals surface area contributed by atoms with Gasteiger partial charge >= 0.3 is 0 Å². The van der Waals surface area contributed by atoms with Gasteiger partial charge in [0.05, 0.1) is 5.69 Å². The fourth-order valence-electron chi connectivity index (χ4n) is 1.53. The van der Waals surface area contributed by atoms with Crippen LogP contribution in [0.2, 0.25) is 0 Å². The second-order valence-corrected chi connectivity index (χ2v) is 4.74. The maximum atomic E-state index is 13.1. The van der Waals surface area contributed by atoms with E-state index in [9.17, 15) is 8.78 Å². The number of benzene rings is 1. The minimum absolute atomic E-state index is 0.451. The molecule has 0 fully saturated rings. The van der Waals surface area contributed by atoms with Crippen molar-refractivity contribution < 1.29 is 8.78 Å². The molecule has 0 radical (unpaired) electrons. The molecular formula is C12H9F2N3S. The molecule has 18 heavy (non-hydrogen) atoms. The van der Waals surface area contributed by atoms with Crippen molar-refractivity contribution in [2.45, 2.75) is 16.8 Å². The molecule has 0 aliphatic rings. The van der Waals surface area contributed by atoms with Gasteiger partial charge in [-0.2, -0.15) is 10.4 Å². The van der Waals surface area contributed by atoms with Crippen LogP contribution in [0.1, 0.15) is 11.3 Å². The zero-order valence-electron chi connectivity index (χ0n) is 9.74. The highest BCUT2D eigenvalue weighted by atomic mass is 32.2. The third-order valence-corrected chi connectivity index (χ3v) is 3.54. The molecule has 0 amide bonds. The topological polar surface area (TPSA) is 41.6 Å². The lowest BCUT2D eigenvalue weighted by molar-refractivity contribution is 0.506. The molecule has 2 rings (SSSR count). The van der Waals surface area contributed by atoms with Gasteiger partial charge in [-0.3, -0.25) is 4.68 Å². The maximum Gasteiger partial charge on any atom is 0.159 e. The number of aryl methyl sites for hydroxylation is 2. The molecule has 0 bridgehead atoms. The van der Waals surface area contributed by atoms with Crippen LogP contribution < -0.4 is 0 Å². The minimum Gasteiger partial charge on any atom is -0.260 e. The first-order valence-electron chi connectivity index (χ1n) is 5.09. The quantitative estimate of drug-likeness (QED) is 0.838. The van der Waals surface area contributed by atoms with Gasteiger partial charge in [-0.1, -0.05) is 11.8 Å². The van der Waals surface area contributed by atoms with Crippen molar-refractivity contribution in [3.8, 4) is 6.07 Å². The van der Waals surface area contributed by atoms with E-state index in [0.717, 1.165) is 12.1 Å². The summed E-state index contributed by atoms with van der Waals surface area (Å²) < 4.78 is 27.5. The highest BCUT2D eigenvalue weighted by Crippen LogP contribution is 2.31. The van der Waals surface area contributed by atoms with Crippen molar-refractivity contribution in [3.63, 3.8) is 0 Å². The summed E-state index contributed by atoms with van der Waals surface area (Å²) in [5, 5.41) is 13.8. The van der Waals surface area contributed by atoms with Crippen molar-refractivity contribution in [1.82, 2.24) is 9.78 Å². The van der Waals surface area contributed by atoms with Gasteiger partial charge in [0.2, 0.25) is 0 Å². The van der Waals surface area contributed by atoms with Crippen LogP contribution >= 0.6 is 11.8 Å². The summed E-state index contributed by atoms with van der Waals surface area (Å²) >= 11 is 1.18. The van der Waals surface area contributed by atoms with E-state index >= 15 is 0 Å². The van der Waals surface area contributed by atoms with Crippen LogP contribution in [-0.2, 0) is 7.05 Å². The van der Waals surface area contributed by atoms with E-state index in [0.29, 0.717) is 21.2 Å². The first kappa shape index (κ1) is 12.6. The SMILES string of the molecule is Cc1nn(C)c(Sc2ccc(F)c(F)c2)c1C#N. The Morgan fingerprint density at radius 3 is 2.67 bits per heavy atom. The van der Waals surface area contributed by atoms with E-state index < -0.39 is 11.6 Å². The van der Waals surface area contributed by atoms with Gasteiger partial charge in [0.25, 0.3) is 0 Å². The molecular weight excluding hydrogens is 256 g/mol. The highest BCUT2D eigenvalue weighted by Gasteiger charge is 2.14. The Kier molecular flexibility index (Phi) is 3.34. The predicted octanol–water partition coefficient (Wildman–Crippen LogP) is 3.03. The van der Waals surface area contributed by atoms with Gasteiger partial charge < -0.3 is 0 Å². The summed E-state index contributed by atoms with van der Waals surface area (Å²) in [5.74, 6) is -1.79. The third-order valence-electron chi connectivity index (χ3n) is 2.39. The van der Waals surface area contributed by atoms with Gasteiger partial charge in [-0.25, -0.2) is 8.78 Å². The number of rotatable bonds is 2. The van der Waals surface area contributed by atoms with Crippen molar-refractivity contribution in [2.75, 3.05) is 0 Å². The highest BCUT2D eigenvalue weighted by molar-refractivity contribution is 7.99. The standard InChI is InChI=1S/C12H9F2N3S/c1-7-9(6-15)12(17(2)16-7)18-8-3-4-10(13)11(14)5-8/h3-5H,1-2H3. The van der Waals surface area contributed by atoms with Crippen LogP contribution in [-0.4, -0.2) is 9.78 Å². The van der Waals surface area contributed by atoms with E-state index in [1.807, 2.05) is 0 Å². The Morgan fingerprint density at radius 1 is 1.33 bits per heavy atom. The van der Waals surface area contributed by atoms with Crippen LogP contribution in [0.5, 0.6) is 0 Å². The lowest BCUT2D eigenvalue weighted by atomic mass is 10.3. The Labute approximate surface area is 107 Å². The largest absolute Gasteiger partial charge is 0.260 e. The number of nitrogens with zero attached hydrogens (tertiary/aromatic N) is 3. The lowest BCUT2D eigenvalue weighted by Gasteiger charge is -2.03. The molecule has 0 aliphatic heterocycles. The smallest absolute Gasteiger partial charge is 0.159 e. The Hall–Kier alpha value is -1.87. The summed E-state index contributed by atoms with van der Waals surface area (Å²) in [6, 6.07) is 5.69. The van der Waals surface area contributed by atoms with Gasteiger partial charge in [-0.05, 0) is 25.1 Å². The summed E-state index contributed by atoms with van der Waals surface area (Å²) in [4.78, 5) is 0.522. The van der Waals surface area contributed by atoms with Crippen molar-refractivity contribution >= 4 is 11.8 Å². The Balaban J connectivity index is 2.40. The van der Waals surface area contributed by atoms with Crippen molar-refractivity contribution in [1.29, 1.82) is 5.26 Å². The summed E-state index contributed by atoms with van der Waals surface area (Å²) in [6.07, 6.45) is 0. The molecule has 1 aromatic carbocycles. The maximum absolute atomic E-state index is 13.1. The normalized spacial score (nSPS) is 10.4. The monoisotopic (exact) mass is 265 g/mol. The average Bonchev–Trinajstić information content (AvgIpc) is 2.58. The predicted molar refractivity (Wildman–Crippen MR) is 63.1 cm³/mol. The number of halogens is 2. The minimum atomic E-state index is -0.905. The van der Waals surface area contributed by atoms with Gasteiger partial charge in [0.1, 0.15) is 16.7 Å². The molecule has 0 N–H and O–H groups in total. The van der Waals surface area contributed by atoms with Crippen LogP contribution in [0.3, 0.4) is 0 Å². The van der Waals surface area contributed by atoms with Gasteiger partial charge in [0, 0.05) is 11.9 Å². The van der Waals surface area contributed by atoms with Crippen LogP contribution in [0.25, 0.3) is 0 Å². The first-order chi connectivity index (χ1) is 8.52. The van der Waals surface area contributed by atoms with E-state index in [1.54, 1.807) is 18.7 Å². The number of aromatic nitrogens is 2. The molecule has 6 heteroatoms. The average molecular weight is 265 g/mol. The number of nitriles is 1. The van der Waals surface area contributed by atoms with Crippen molar-refractivity contribution in [2.24, 2.45) is 7.05 Å². The molecule has 1 heterocycles. The van der Waals surface area contributed by atoms with E-state index in [1.165, 1.54) is 17.8 Å². The van der Waals surface area contributed by atoms with Crippen LogP contribution in [0.4, 0.5) is 8.78 Å². The third kappa shape index (κ3) is 2.22. The van der Waals surface area contributed by atoms with Crippen LogP contribution in [0, 0.1) is 29.9 Å². The first-order valence-corrected chi connectivity index (χ1v) is 5.91. The zero-order valence-corrected chi connectivity index (χ0v) is 10.6. The second kappa shape index (κ2) is 4.78. The van der Waals surface area contributed by atoms with Crippen LogP contribution in [0.15, 0.2) is 28.1 Å². The number of hydrogen-bond acceptors (Lipinski definition) is 3. The molecule has 1 aromatic heterocycles. The molecule has 0 aliphatic carbocycles. The van der Waals surface area contributed by atoms with E-state index in [2.05, 4.69) is 11.2 Å². The fourth-order valence-corrected chi connectivity index (χ4v) is 2.52. The zero-order chi connectivity index (χ0) is 13.3. The lowest BCUT2D eigenvalue weighted by Crippen LogP contribution is -1.93. The Morgan fingerprint density at radius 2 is 2.06 bits per heavy atom. The van der Waals surface area contributed by atoms with Gasteiger partial charge in [0.15, 0.2) is 11.6 Å². The Bertz CT molecular complexity index is 644. The molecule has 3 nitrogen and oxygen atoms in total. The molecule has 0 spiro atoms. The molecule has 0 saturated heterocycles. The summed E-state index contributed by atoms with van der Waals surface area (Å²) in [6.45, 7) is 1.73. The second-order valence-electron chi connectivity index (χ2n) is 3.68. The summed E-state index contributed by atoms with van der Waals surface area (Å²) in [5.41, 5.74) is 1.07. The molecule has 2 aromatic rings. The fraction of sp³-hybridized carbons (Fsp3) is 0.167. The molecule has 0 atom stereocenters. The molecule has 0 unspecified atom stereocenters. The van der Waals surface area contributed by atoms with E-state index in [-0.39, 0.29) is 0 Å².